The number of rotatable bonds is 6. The molecule has 0 aliphatic heterocycles. The Hall–Kier alpha value is -1.60. The number of amides is 1. The molecule has 7 heteroatoms. The van der Waals surface area contributed by atoms with Crippen molar-refractivity contribution in [3.8, 4) is 0 Å². The van der Waals surface area contributed by atoms with Crippen molar-refractivity contribution >= 4 is 39.8 Å². The van der Waals surface area contributed by atoms with Crippen LogP contribution in [0.1, 0.15) is 19.4 Å². The van der Waals surface area contributed by atoms with Gasteiger partial charge >= 0.3 is 0 Å². The van der Waals surface area contributed by atoms with Crippen LogP contribution in [0.25, 0.3) is 0 Å². The van der Waals surface area contributed by atoms with E-state index in [-0.39, 0.29) is 11.2 Å². The largest absolute Gasteiger partial charge is 0.360 e. The SMILES string of the molecule is CCNc1nnc(S[C@@H](C)C(=O)Nc2ccc(C)cc2)s1. The first-order valence-corrected chi connectivity index (χ1v) is 8.39. The summed E-state index contributed by atoms with van der Waals surface area (Å²) in [6, 6.07) is 7.75. The van der Waals surface area contributed by atoms with Crippen molar-refractivity contribution in [2.24, 2.45) is 0 Å². The highest BCUT2D eigenvalue weighted by Gasteiger charge is 2.17. The third-order valence-electron chi connectivity index (χ3n) is 2.70. The second kappa shape index (κ2) is 7.42. The zero-order valence-electron chi connectivity index (χ0n) is 12.2. The molecular weight excluding hydrogens is 304 g/mol. The molecule has 2 N–H and O–H groups in total. The lowest BCUT2D eigenvalue weighted by Crippen LogP contribution is -2.22. The number of nitrogens with zero attached hydrogens (tertiary/aromatic N) is 2. The van der Waals surface area contributed by atoms with Gasteiger partial charge in [0.15, 0.2) is 4.34 Å². The molecule has 0 unspecified atom stereocenters. The Morgan fingerprint density at radius 2 is 2.05 bits per heavy atom. The Morgan fingerprint density at radius 1 is 1.33 bits per heavy atom. The third-order valence-corrected chi connectivity index (χ3v) is 4.77. The molecular formula is C14H18N4OS2. The number of aryl methyl sites for hydroxylation is 1. The summed E-state index contributed by atoms with van der Waals surface area (Å²) >= 11 is 2.87. The number of thioether (sulfide) groups is 1. The van der Waals surface area contributed by atoms with Crippen LogP contribution in [-0.4, -0.2) is 27.9 Å². The van der Waals surface area contributed by atoms with Crippen LogP contribution < -0.4 is 10.6 Å². The Labute approximate surface area is 132 Å². The van der Waals surface area contributed by atoms with Crippen LogP contribution in [0.4, 0.5) is 10.8 Å². The standard InChI is InChI=1S/C14H18N4OS2/c1-4-15-13-17-18-14(21-13)20-10(3)12(19)16-11-7-5-9(2)6-8-11/h5-8,10H,4H2,1-3H3,(H,15,17)(H,16,19)/t10-/m0/s1. The molecule has 1 aromatic heterocycles. The van der Waals surface area contributed by atoms with Gasteiger partial charge in [0.2, 0.25) is 11.0 Å². The number of carbonyl (C=O) groups is 1. The average molecular weight is 322 g/mol. The lowest BCUT2D eigenvalue weighted by molar-refractivity contribution is -0.115. The van der Waals surface area contributed by atoms with Gasteiger partial charge in [0.1, 0.15) is 0 Å². The third kappa shape index (κ3) is 4.71. The molecule has 0 fully saturated rings. The smallest absolute Gasteiger partial charge is 0.237 e. The van der Waals surface area contributed by atoms with Crippen molar-refractivity contribution in [3.63, 3.8) is 0 Å². The van der Waals surface area contributed by atoms with Gasteiger partial charge in [-0.25, -0.2) is 0 Å². The average Bonchev–Trinajstić information content (AvgIpc) is 2.89. The Balaban J connectivity index is 1.90. The van der Waals surface area contributed by atoms with Gasteiger partial charge in [0, 0.05) is 12.2 Å². The quantitative estimate of drug-likeness (QED) is 0.798. The summed E-state index contributed by atoms with van der Waals surface area (Å²) in [7, 11) is 0. The van der Waals surface area contributed by atoms with E-state index in [2.05, 4.69) is 20.8 Å². The topological polar surface area (TPSA) is 66.9 Å². The first kappa shape index (κ1) is 15.8. The maximum Gasteiger partial charge on any atom is 0.237 e. The van der Waals surface area contributed by atoms with E-state index < -0.39 is 0 Å². The predicted molar refractivity (Wildman–Crippen MR) is 89.2 cm³/mol. The first-order chi connectivity index (χ1) is 10.1. The van der Waals surface area contributed by atoms with E-state index >= 15 is 0 Å². The minimum absolute atomic E-state index is 0.0379. The van der Waals surface area contributed by atoms with Crippen LogP contribution in [0.15, 0.2) is 28.6 Å². The molecule has 0 radical (unpaired) electrons. The number of aromatic nitrogens is 2. The fourth-order valence-electron chi connectivity index (χ4n) is 1.57. The van der Waals surface area contributed by atoms with Gasteiger partial charge in [-0.1, -0.05) is 40.8 Å². The van der Waals surface area contributed by atoms with Gasteiger partial charge in [0.05, 0.1) is 5.25 Å². The molecule has 2 aromatic rings. The van der Waals surface area contributed by atoms with Crippen LogP contribution in [0.2, 0.25) is 0 Å². The number of nitrogens with one attached hydrogen (secondary N) is 2. The molecule has 5 nitrogen and oxygen atoms in total. The van der Waals surface area contributed by atoms with Crippen LogP contribution in [0.5, 0.6) is 0 Å². The Bertz CT molecular complexity index is 597. The lowest BCUT2D eigenvalue weighted by atomic mass is 10.2. The summed E-state index contributed by atoms with van der Waals surface area (Å²) in [5.41, 5.74) is 1.98. The van der Waals surface area contributed by atoms with E-state index in [9.17, 15) is 4.79 Å². The van der Waals surface area contributed by atoms with E-state index in [4.69, 9.17) is 0 Å². The first-order valence-electron chi connectivity index (χ1n) is 6.70. The fourth-order valence-corrected chi connectivity index (χ4v) is 3.53. The van der Waals surface area contributed by atoms with Crippen LogP contribution in [-0.2, 0) is 4.79 Å². The molecule has 21 heavy (non-hydrogen) atoms. The second-order valence-corrected chi connectivity index (χ2v) is 7.08. The summed E-state index contributed by atoms with van der Waals surface area (Å²) in [5, 5.41) is 14.6. The highest BCUT2D eigenvalue weighted by molar-refractivity contribution is 8.02. The highest BCUT2D eigenvalue weighted by Crippen LogP contribution is 2.29. The van der Waals surface area contributed by atoms with Gasteiger partial charge < -0.3 is 10.6 Å². The van der Waals surface area contributed by atoms with Gasteiger partial charge in [-0.2, -0.15) is 0 Å². The highest BCUT2D eigenvalue weighted by atomic mass is 32.2. The second-order valence-electron chi connectivity index (χ2n) is 4.52. The zero-order valence-corrected chi connectivity index (χ0v) is 13.8. The van der Waals surface area contributed by atoms with Crippen molar-refractivity contribution in [3.05, 3.63) is 29.8 Å². The maximum atomic E-state index is 12.1. The molecule has 0 spiro atoms. The minimum atomic E-state index is -0.228. The van der Waals surface area contributed by atoms with Gasteiger partial charge in [-0.05, 0) is 32.9 Å². The van der Waals surface area contributed by atoms with Crippen molar-refractivity contribution < 1.29 is 4.79 Å². The molecule has 1 aromatic carbocycles. The normalized spacial score (nSPS) is 12.0. The number of anilines is 2. The predicted octanol–water partition coefficient (Wildman–Crippen LogP) is 3.40. The van der Waals surface area contributed by atoms with E-state index in [1.165, 1.54) is 28.7 Å². The molecule has 0 saturated heterocycles. The van der Waals surface area contributed by atoms with E-state index in [1.807, 2.05) is 45.0 Å². The van der Waals surface area contributed by atoms with Gasteiger partial charge in [-0.15, -0.1) is 10.2 Å². The molecule has 1 heterocycles. The summed E-state index contributed by atoms with van der Waals surface area (Å²) in [5.74, 6) is -0.0379. The fraction of sp³-hybridized carbons (Fsp3) is 0.357. The molecule has 0 aliphatic rings. The molecule has 1 amide bonds. The number of hydrogen-bond donors (Lipinski definition) is 2. The number of carbonyl (C=O) groups excluding carboxylic acids is 1. The molecule has 2 rings (SSSR count). The monoisotopic (exact) mass is 322 g/mol. The van der Waals surface area contributed by atoms with Crippen molar-refractivity contribution in [1.82, 2.24) is 10.2 Å². The minimum Gasteiger partial charge on any atom is -0.360 e. The number of hydrogen-bond acceptors (Lipinski definition) is 6. The molecule has 1 atom stereocenters. The summed E-state index contributed by atoms with van der Waals surface area (Å²) in [4.78, 5) is 12.1. The zero-order chi connectivity index (χ0) is 15.2. The van der Waals surface area contributed by atoms with Crippen molar-refractivity contribution in [2.75, 3.05) is 17.2 Å². The molecule has 112 valence electrons. The van der Waals surface area contributed by atoms with E-state index in [0.29, 0.717) is 0 Å². The Morgan fingerprint density at radius 3 is 2.71 bits per heavy atom. The van der Waals surface area contributed by atoms with Crippen LogP contribution >= 0.6 is 23.1 Å². The molecule has 0 bridgehead atoms. The van der Waals surface area contributed by atoms with Crippen LogP contribution in [0.3, 0.4) is 0 Å². The summed E-state index contributed by atoms with van der Waals surface area (Å²) in [6.45, 7) is 6.69. The van der Waals surface area contributed by atoms with Crippen molar-refractivity contribution in [1.29, 1.82) is 0 Å². The summed E-state index contributed by atoms with van der Waals surface area (Å²) < 4.78 is 0.789. The van der Waals surface area contributed by atoms with E-state index in [0.717, 1.165) is 21.7 Å². The van der Waals surface area contributed by atoms with E-state index in [1.54, 1.807) is 0 Å². The van der Waals surface area contributed by atoms with Gasteiger partial charge in [0.25, 0.3) is 0 Å². The van der Waals surface area contributed by atoms with Crippen molar-refractivity contribution in [2.45, 2.75) is 30.4 Å². The van der Waals surface area contributed by atoms with Crippen LogP contribution in [0, 0.1) is 6.92 Å². The Kier molecular flexibility index (Phi) is 5.58. The number of benzene rings is 1. The maximum absolute atomic E-state index is 12.1. The molecule has 0 saturated carbocycles. The lowest BCUT2D eigenvalue weighted by Gasteiger charge is -2.10. The van der Waals surface area contributed by atoms with Gasteiger partial charge in [-0.3, -0.25) is 4.79 Å². The summed E-state index contributed by atoms with van der Waals surface area (Å²) in [6.07, 6.45) is 0. The molecule has 0 aliphatic carbocycles.